The van der Waals surface area contributed by atoms with Crippen LogP contribution in [0.1, 0.15) is 111 Å². The summed E-state index contributed by atoms with van der Waals surface area (Å²) >= 11 is 0. The van der Waals surface area contributed by atoms with E-state index in [-0.39, 0.29) is 19.4 Å². The molecule has 1 aliphatic rings. The number of carbonyl (C=O) groups excluding carboxylic acids is 2. The summed E-state index contributed by atoms with van der Waals surface area (Å²) in [7, 11) is 0. The molecule has 3 amide bonds. The molecule has 1 fully saturated rings. The summed E-state index contributed by atoms with van der Waals surface area (Å²) in [4.78, 5) is 26.5. The number of nitrogens with one attached hydrogen (secondary N) is 4. The van der Waals surface area contributed by atoms with Gasteiger partial charge in [-0.1, -0.05) is 111 Å². The van der Waals surface area contributed by atoms with Crippen molar-refractivity contribution in [2.75, 3.05) is 39.6 Å². The van der Waals surface area contributed by atoms with Gasteiger partial charge in [-0.3, -0.25) is 9.69 Å². The van der Waals surface area contributed by atoms with Crippen LogP contribution in [0.5, 0.6) is 0 Å². The molecule has 7 N–H and O–H groups in total. The molecule has 0 aliphatic carbocycles. The van der Waals surface area contributed by atoms with E-state index < -0.39 is 0 Å². The van der Waals surface area contributed by atoms with Crippen molar-refractivity contribution in [3.8, 4) is 12.5 Å². The maximum atomic E-state index is 10.6. The minimum absolute atomic E-state index is 0. The Morgan fingerprint density at radius 1 is 0.860 bits per heavy atom. The molecule has 1 heterocycles. The zero-order chi connectivity index (χ0) is 34.3. The fourth-order valence-corrected chi connectivity index (χ4v) is 1.90. The molecule has 0 atom stereocenters. The summed E-state index contributed by atoms with van der Waals surface area (Å²) in [5.41, 5.74) is 5.33. The van der Waals surface area contributed by atoms with Crippen molar-refractivity contribution >= 4 is 17.9 Å². The molecule has 0 spiro atoms. The molecule has 0 saturated carbocycles. The van der Waals surface area contributed by atoms with Crippen LogP contribution in [0, 0.1) is 48.0 Å². The average Bonchev–Trinajstić information content (AvgIpc) is 2.83. The number of aliphatic imine (C=N–C) groups is 1. The number of hydrogen-bond acceptors (Lipinski definition) is 5. The molecule has 260 valence electrons. The number of urea groups is 1. The maximum absolute atomic E-state index is 10.6. The Bertz CT molecular complexity index is 650. The number of nitrogens with two attached hydrogens (primary N) is 1. The predicted molar refractivity (Wildman–Crippen MR) is 189 cm³/mol. The molecule has 0 aromatic heterocycles. The van der Waals surface area contributed by atoms with Crippen molar-refractivity contribution in [2.24, 2.45) is 46.2 Å². The minimum atomic E-state index is -0.0648. The second-order valence-corrected chi connectivity index (χ2v) is 13.0. The van der Waals surface area contributed by atoms with E-state index in [1.807, 2.05) is 13.8 Å². The van der Waals surface area contributed by atoms with Crippen molar-refractivity contribution in [2.45, 2.75) is 111 Å². The van der Waals surface area contributed by atoms with Gasteiger partial charge in [0.15, 0.2) is 0 Å². The van der Waals surface area contributed by atoms with Crippen LogP contribution in [0.4, 0.5) is 4.79 Å². The van der Waals surface area contributed by atoms with Gasteiger partial charge in [0.1, 0.15) is 0 Å². The lowest BCUT2D eigenvalue weighted by molar-refractivity contribution is -0.119. The molecular weight excluding hydrogens is 542 g/mol. The predicted octanol–water partition coefficient (Wildman–Crippen LogP) is 5.68. The average molecular weight is 618 g/mol. The van der Waals surface area contributed by atoms with Crippen LogP contribution < -0.4 is 27.0 Å². The fraction of sp³-hybridized carbons (Fsp3) is 0.848. The second kappa shape index (κ2) is 37.5. The third-order valence-electron chi connectivity index (χ3n) is 3.55. The van der Waals surface area contributed by atoms with Crippen molar-refractivity contribution in [1.82, 2.24) is 26.2 Å². The topological polar surface area (TPSA) is 144 Å². The first-order chi connectivity index (χ1) is 19.2. The highest BCUT2D eigenvalue weighted by Crippen LogP contribution is 1.97. The molecule has 1 rings (SSSR count). The van der Waals surface area contributed by atoms with Crippen LogP contribution in [0.25, 0.3) is 0 Å². The zero-order valence-electron chi connectivity index (χ0n) is 30.0. The number of terminal acetylenes is 1. The third-order valence-corrected chi connectivity index (χ3v) is 3.55. The number of nitrogens with zero attached hydrogens (tertiary/aromatic N) is 2. The summed E-state index contributed by atoms with van der Waals surface area (Å²) in [6, 6.07) is 2.03. The molecule has 0 aromatic carbocycles. The Hall–Kier alpha value is -2.51. The van der Waals surface area contributed by atoms with E-state index in [4.69, 9.17) is 17.3 Å². The Kier molecular flexibility index (Phi) is 46.3. The van der Waals surface area contributed by atoms with Crippen LogP contribution in [0.15, 0.2) is 4.99 Å². The van der Waals surface area contributed by atoms with Gasteiger partial charge in [0.05, 0.1) is 13.3 Å². The molecule has 10 heteroatoms. The van der Waals surface area contributed by atoms with Gasteiger partial charge in [0.2, 0.25) is 11.9 Å². The Morgan fingerprint density at radius 3 is 1.44 bits per heavy atom. The van der Waals surface area contributed by atoms with Crippen LogP contribution in [-0.4, -0.2) is 67.5 Å². The zero-order valence-corrected chi connectivity index (χ0v) is 30.0. The molecule has 10 nitrogen and oxygen atoms in total. The van der Waals surface area contributed by atoms with Gasteiger partial charge in [-0.05, 0) is 35.5 Å². The van der Waals surface area contributed by atoms with Crippen LogP contribution in [-0.2, 0) is 4.79 Å². The first-order valence-corrected chi connectivity index (χ1v) is 15.3. The lowest BCUT2D eigenvalue weighted by Crippen LogP contribution is -2.54. The summed E-state index contributed by atoms with van der Waals surface area (Å²) in [5, 5.41) is 19.1. The van der Waals surface area contributed by atoms with E-state index in [1.165, 1.54) is 6.92 Å². The van der Waals surface area contributed by atoms with Gasteiger partial charge in [-0.2, -0.15) is 4.99 Å². The number of aliphatic hydroxyl groups is 1. The quantitative estimate of drug-likeness (QED) is 0.123. The summed E-state index contributed by atoms with van der Waals surface area (Å²) in [6.45, 7) is 35.3. The number of aliphatic hydroxyl groups excluding tert-OH is 1. The molecule has 0 unspecified atom stereocenters. The van der Waals surface area contributed by atoms with Gasteiger partial charge >= 0.3 is 6.03 Å². The molecule has 0 bridgehead atoms. The highest BCUT2D eigenvalue weighted by atomic mass is 16.3. The number of rotatable bonds is 7. The van der Waals surface area contributed by atoms with E-state index in [0.29, 0.717) is 49.6 Å². The van der Waals surface area contributed by atoms with Crippen LogP contribution in [0.2, 0.25) is 0 Å². The van der Waals surface area contributed by atoms with Gasteiger partial charge < -0.3 is 32.1 Å². The Morgan fingerprint density at radius 2 is 1.21 bits per heavy atom. The normalized spacial score (nSPS) is 12.2. The van der Waals surface area contributed by atoms with Crippen molar-refractivity contribution in [3.05, 3.63) is 0 Å². The van der Waals surface area contributed by atoms with Crippen molar-refractivity contribution in [1.29, 1.82) is 0 Å². The number of amides is 3. The monoisotopic (exact) mass is 618 g/mol. The summed E-state index contributed by atoms with van der Waals surface area (Å²) in [5.74, 6) is 4.22. The van der Waals surface area contributed by atoms with E-state index in [0.717, 1.165) is 31.5 Å². The van der Waals surface area contributed by atoms with Gasteiger partial charge in [0.25, 0.3) is 0 Å². The summed E-state index contributed by atoms with van der Waals surface area (Å²) < 4.78 is 0. The number of hydrogen-bond donors (Lipinski definition) is 6. The van der Waals surface area contributed by atoms with E-state index in [1.54, 1.807) is 0 Å². The van der Waals surface area contributed by atoms with Gasteiger partial charge in [0, 0.05) is 39.2 Å². The smallest absolute Gasteiger partial charge is 0.316 e. The second-order valence-electron chi connectivity index (χ2n) is 13.0. The SMILES string of the molecule is C.C#CN=C(N)NCC(C)C.CC(=O)NCC(C)C.CC(C)C.CC(C)C.CC(C)CN1CNC(=O)NC1.CC(C)CO. The molecule has 0 radical (unpaired) electrons. The Labute approximate surface area is 268 Å². The van der Waals surface area contributed by atoms with Crippen molar-refractivity contribution < 1.29 is 14.7 Å². The highest BCUT2D eigenvalue weighted by molar-refractivity contribution is 5.78. The first-order valence-electron chi connectivity index (χ1n) is 15.3. The molecular formula is C33H75N7O3. The van der Waals surface area contributed by atoms with Crippen LogP contribution in [0.3, 0.4) is 0 Å². The van der Waals surface area contributed by atoms with Crippen molar-refractivity contribution in [3.63, 3.8) is 0 Å². The maximum Gasteiger partial charge on any atom is 0.316 e. The fourth-order valence-electron chi connectivity index (χ4n) is 1.90. The largest absolute Gasteiger partial charge is 0.396 e. The van der Waals surface area contributed by atoms with E-state index >= 15 is 0 Å². The molecule has 1 saturated heterocycles. The lowest BCUT2D eigenvalue weighted by Gasteiger charge is -2.28. The molecule has 1 aliphatic heterocycles. The standard InChI is InChI=1S/C7H15N3O.C7H13N3.C6H13NO.C4H10O.2C4H10.CH4/c1-6(2)3-10-4-8-7(11)9-5-10;1-4-9-7(8)10-5-6(2)3;1-5(2)4-7-6(3)8;1-4(2)3-5;2*1-4(2)3;/h6H,3-5H2,1-2H3,(H2,8,9,11);1,6H,5H2,2-3H3,(H3,8,9,10);5H,4H2,1-3H3,(H,7,8);4-5H,3H2,1-2H3;2*4H,1-3H3;1H4. The lowest BCUT2D eigenvalue weighted by atomic mass is 10.2. The number of carbonyl (C=O) groups is 2. The Balaban J connectivity index is -0.0000000995. The third kappa shape index (κ3) is 79.1. The highest BCUT2D eigenvalue weighted by Gasteiger charge is 2.13. The molecule has 0 aromatic rings. The number of guanidine groups is 1. The summed E-state index contributed by atoms with van der Waals surface area (Å²) in [6.07, 6.45) is 4.88. The molecule has 43 heavy (non-hydrogen) atoms. The van der Waals surface area contributed by atoms with Gasteiger partial charge in [-0.25, -0.2) is 4.79 Å². The van der Waals surface area contributed by atoms with E-state index in [9.17, 15) is 9.59 Å². The minimum Gasteiger partial charge on any atom is -0.396 e. The first kappa shape index (κ1) is 53.1. The van der Waals surface area contributed by atoms with Crippen LogP contribution >= 0.6 is 0 Å². The van der Waals surface area contributed by atoms with E-state index in [2.05, 4.69) is 120 Å². The van der Waals surface area contributed by atoms with Gasteiger partial charge in [-0.15, -0.1) is 0 Å².